The SMILES string of the molecule is OC(CN1CCC2(CCNC2)CC1)c1ccc(-n2cnnn2)nc1. The molecule has 2 aliphatic rings. The number of tetrazole rings is 1. The van der Waals surface area contributed by atoms with Gasteiger partial charge in [-0.2, -0.15) is 4.68 Å². The number of aromatic nitrogens is 5. The van der Waals surface area contributed by atoms with Crippen molar-refractivity contribution < 1.29 is 5.11 Å². The normalized spacial score (nSPS) is 22.0. The fourth-order valence-corrected chi connectivity index (χ4v) is 3.78. The third-order valence-corrected chi connectivity index (χ3v) is 5.42. The Morgan fingerprint density at radius 3 is 2.75 bits per heavy atom. The molecule has 2 aromatic heterocycles. The minimum atomic E-state index is -0.517. The van der Waals surface area contributed by atoms with Gasteiger partial charge in [0, 0.05) is 24.8 Å². The Kier molecular flexibility index (Phi) is 4.26. The summed E-state index contributed by atoms with van der Waals surface area (Å²) in [6, 6.07) is 3.71. The second-order valence-corrected chi connectivity index (χ2v) is 6.95. The van der Waals surface area contributed by atoms with Crippen molar-refractivity contribution >= 4 is 0 Å². The van der Waals surface area contributed by atoms with Crippen LogP contribution in [0.5, 0.6) is 0 Å². The Morgan fingerprint density at radius 2 is 2.12 bits per heavy atom. The summed E-state index contributed by atoms with van der Waals surface area (Å²) in [6.45, 7) is 5.10. The van der Waals surface area contributed by atoms with Crippen LogP contribution in [0.15, 0.2) is 24.7 Å². The average Bonchev–Trinajstić information content (AvgIpc) is 3.30. The summed E-state index contributed by atoms with van der Waals surface area (Å²) in [4.78, 5) is 6.69. The molecule has 2 N–H and O–H groups in total. The standard InChI is InChI=1S/C16H23N7O/c24-14(10-22-7-4-16(5-8-22)3-6-17-11-16)13-1-2-15(18-9-13)23-12-19-20-21-23/h1-2,9,12,14,17,24H,3-8,10-11H2. The van der Waals surface area contributed by atoms with Crippen molar-refractivity contribution in [3.8, 4) is 5.82 Å². The number of hydrogen-bond donors (Lipinski definition) is 2. The number of nitrogens with zero attached hydrogens (tertiary/aromatic N) is 6. The summed E-state index contributed by atoms with van der Waals surface area (Å²) in [5.74, 6) is 0.643. The molecule has 24 heavy (non-hydrogen) atoms. The zero-order chi connectivity index (χ0) is 16.4. The summed E-state index contributed by atoms with van der Waals surface area (Å²) in [7, 11) is 0. The van der Waals surface area contributed by atoms with E-state index in [1.165, 1.54) is 30.3 Å². The molecule has 1 unspecified atom stereocenters. The molecule has 2 aromatic rings. The van der Waals surface area contributed by atoms with Gasteiger partial charge < -0.3 is 15.3 Å². The first-order valence-electron chi connectivity index (χ1n) is 8.55. The minimum absolute atomic E-state index is 0.510. The number of likely N-dealkylation sites (tertiary alicyclic amines) is 1. The van der Waals surface area contributed by atoms with E-state index in [0.29, 0.717) is 17.8 Å². The highest BCUT2D eigenvalue weighted by Crippen LogP contribution is 2.37. The Bertz CT molecular complexity index is 642. The fraction of sp³-hybridized carbons (Fsp3) is 0.625. The number of pyridine rings is 1. The monoisotopic (exact) mass is 329 g/mol. The van der Waals surface area contributed by atoms with E-state index in [0.717, 1.165) is 31.7 Å². The minimum Gasteiger partial charge on any atom is -0.387 e. The van der Waals surface area contributed by atoms with Gasteiger partial charge in [0.05, 0.1) is 6.10 Å². The molecular formula is C16H23N7O. The molecule has 128 valence electrons. The lowest BCUT2D eigenvalue weighted by atomic mass is 9.78. The van der Waals surface area contributed by atoms with Crippen LogP contribution in [0.4, 0.5) is 0 Å². The van der Waals surface area contributed by atoms with Gasteiger partial charge in [-0.25, -0.2) is 4.98 Å². The van der Waals surface area contributed by atoms with Crippen LogP contribution < -0.4 is 5.32 Å². The second kappa shape index (κ2) is 6.54. The molecule has 0 aliphatic carbocycles. The molecule has 1 atom stereocenters. The van der Waals surface area contributed by atoms with Crippen LogP contribution in [-0.2, 0) is 0 Å². The van der Waals surface area contributed by atoms with Gasteiger partial charge in [0.1, 0.15) is 6.33 Å². The highest BCUT2D eigenvalue weighted by atomic mass is 16.3. The molecule has 0 saturated carbocycles. The van der Waals surface area contributed by atoms with Crippen molar-refractivity contribution in [2.75, 3.05) is 32.7 Å². The van der Waals surface area contributed by atoms with E-state index < -0.39 is 6.10 Å². The van der Waals surface area contributed by atoms with Crippen LogP contribution in [0, 0.1) is 5.41 Å². The first kappa shape index (κ1) is 15.6. The highest BCUT2D eigenvalue weighted by Gasteiger charge is 2.37. The van der Waals surface area contributed by atoms with E-state index in [9.17, 15) is 5.11 Å². The summed E-state index contributed by atoms with van der Waals surface area (Å²) >= 11 is 0. The van der Waals surface area contributed by atoms with Gasteiger partial charge in [-0.05, 0) is 60.8 Å². The maximum atomic E-state index is 10.5. The largest absolute Gasteiger partial charge is 0.387 e. The quantitative estimate of drug-likeness (QED) is 0.826. The molecule has 2 saturated heterocycles. The topological polar surface area (TPSA) is 92.0 Å². The van der Waals surface area contributed by atoms with Crippen molar-refractivity contribution in [1.82, 2.24) is 35.4 Å². The van der Waals surface area contributed by atoms with E-state index >= 15 is 0 Å². The van der Waals surface area contributed by atoms with Crippen LogP contribution in [0.3, 0.4) is 0 Å². The molecule has 0 aromatic carbocycles. The van der Waals surface area contributed by atoms with E-state index in [2.05, 4.69) is 30.7 Å². The lowest BCUT2D eigenvalue weighted by molar-refractivity contribution is 0.0644. The van der Waals surface area contributed by atoms with Crippen molar-refractivity contribution in [2.24, 2.45) is 5.41 Å². The molecule has 4 rings (SSSR count). The molecule has 0 radical (unpaired) electrons. The number of aliphatic hydroxyl groups excluding tert-OH is 1. The molecule has 4 heterocycles. The van der Waals surface area contributed by atoms with Gasteiger partial charge in [0.25, 0.3) is 0 Å². The Hall–Kier alpha value is -1.90. The third kappa shape index (κ3) is 3.17. The predicted molar refractivity (Wildman–Crippen MR) is 87.5 cm³/mol. The first-order chi connectivity index (χ1) is 11.7. The molecule has 0 amide bonds. The van der Waals surface area contributed by atoms with Crippen LogP contribution in [0.1, 0.15) is 30.9 Å². The summed E-state index contributed by atoms with van der Waals surface area (Å²) < 4.78 is 1.50. The number of nitrogens with one attached hydrogen (secondary N) is 1. The highest BCUT2D eigenvalue weighted by molar-refractivity contribution is 5.25. The molecule has 2 fully saturated rings. The summed E-state index contributed by atoms with van der Waals surface area (Å²) in [6.07, 6.45) is 6.43. The van der Waals surface area contributed by atoms with Crippen molar-refractivity contribution in [3.63, 3.8) is 0 Å². The van der Waals surface area contributed by atoms with Gasteiger partial charge >= 0.3 is 0 Å². The maximum Gasteiger partial charge on any atom is 0.156 e. The molecule has 1 spiro atoms. The van der Waals surface area contributed by atoms with Crippen LogP contribution in [0.25, 0.3) is 5.82 Å². The zero-order valence-corrected chi connectivity index (χ0v) is 13.7. The van der Waals surface area contributed by atoms with Crippen molar-refractivity contribution in [1.29, 1.82) is 0 Å². The summed E-state index contributed by atoms with van der Waals surface area (Å²) in [5.41, 5.74) is 1.34. The second-order valence-electron chi connectivity index (χ2n) is 6.95. The van der Waals surface area contributed by atoms with Crippen molar-refractivity contribution in [2.45, 2.75) is 25.4 Å². The Balaban J connectivity index is 1.34. The molecule has 8 nitrogen and oxygen atoms in total. The smallest absolute Gasteiger partial charge is 0.156 e. The van der Waals surface area contributed by atoms with Crippen LogP contribution >= 0.6 is 0 Å². The zero-order valence-electron chi connectivity index (χ0n) is 13.7. The van der Waals surface area contributed by atoms with Gasteiger partial charge in [0.15, 0.2) is 5.82 Å². The fourth-order valence-electron chi connectivity index (χ4n) is 3.78. The van der Waals surface area contributed by atoms with Gasteiger partial charge in [-0.3, -0.25) is 0 Å². The first-order valence-corrected chi connectivity index (χ1v) is 8.55. The predicted octanol–water partition coefficient (Wildman–Crippen LogP) is 0.166. The molecular weight excluding hydrogens is 306 g/mol. The number of hydrogen-bond acceptors (Lipinski definition) is 7. The van der Waals surface area contributed by atoms with E-state index in [1.807, 2.05) is 12.1 Å². The Labute approximate surface area is 140 Å². The third-order valence-electron chi connectivity index (χ3n) is 5.42. The number of rotatable bonds is 4. The molecule has 8 heteroatoms. The average molecular weight is 329 g/mol. The number of piperidine rings is 1. The molecule has 2 aliphatic heterocycles. The van der Waals surface area contributed by atoms with Crippen molar-refractivity contribution in [3.05, 3.63) is 30.2 Å². The van der Waals surface area contributed by atoms with Gasteiger partial charge in [0.2, 0.25) is 0 Å². The number of β-amino-alcohol motifs (C(OH)–C–C–N with tert-alkyl or cyclic N) is 1. The van der Waals surface area contributed by atoms with E-state index in [-0.39, 0.29) is 0 Å². The lowest BCUT2D eigenvalue weighted by Gasteiger charge is -2.39. The van der Waals surface area contributed by atoms with E-state index in [4.69, 9.17) is 0 Å². The lowest BCUT2D eigenvalue weighted by Crippen LogP contribution is -2.42. The van der Waals surface area contributed by atoms with Gasteiger partial charge in [-0.15, -0.1) is 5.10 Å². The summed E-state index contributed by atoms with van der Waals surface area (Å²) in [5, 5.41) is 25.0. The molecule has 0 bridgehead atoms. The Morgan fingerprint density at radius 1 is 1.25 bits per heavy atom. The van der Waals surface area contributed by atoms with E-state index in [1.54, 1.807) is 6.20 Å². The van der Waals surface area contributed by atoms with Crippen LogP contribution in [0.2, 0.25) is 0 Å². The maximum absolute atomic E-state index is 10.5. The van der Waals surface area contributed by atoms with Gasteiger partial charge in [-0.1, -0.05) is 6.07 Å². The van der Waals surface area contributed by atoms with Crippen LogP contribution in [-0.4, -0.2) is 67.9 Å². The number of aliphatic hydroxyl groups is 1.